The van der Waals surface area contributed by atoms with E-state index in [0.717, 1.165) is 50.9 Å². The maximum absolute atomic E-state index is 12.5. The Bertz CT molecular complexity index is 516. The van der Waals surface area contributed by atoms with E-state index in [9.17, 15) is 9.59 Å². The van der Waals surface area contributed by atoms with E-state index in [0.29, 0.717) is 19.6 Å². The summed E-state index contributed by atoms with van der Waals surface area (Å²) in [4.78, 5) is 25.0. The number of carbonyl (C=O) groups is 2. The van der Waals surface area contributed by atoms with Crippen molar-refractivity contribution in [2.45, 2.75) is 156 Å². The summed E-state index contributed by atoms with van der Waals surface area (Å²) in [5, 5.41) is 0. The van der Waals surface area contributed by atoms with Gasteiger partial charge in [-0.25, -0.2) is 0 Å². The first-order valence-electron chi connectivity index (χ1n) is 15.4. The molecule has 1 saturated carbocycles. The molecule has 4 nitrogen and oxygen atoms in total. The number of esters is 2. The molecule has 0 heterocycles. The summed E-state index contributed by atoms with van der Waals surface area (Å²) in [6.07, 6.45) is 24.6. The van der Waals surface area contributed by atoms with Crippen molar-refractivity contribution in [2.75, 3.05) is 13.2 Å². The Morgan fingerprint density at radius 1 is 0.629 bits per heavy atom. The van der Waals surface area contributed by atoms with Crippen LogP contribution < -0.4 is 0 Å². The SMILES string of the molecule is CCCCCCCCCCCCCOC(=O)C1CCCC(C(=O)OCCCCCCCC(C)C)C1. The zero-order valence-electron chi connectivity index (χ0n) is 23.6. The van der Waals surface area contributed by atoms with E-state index in [-0.39, 0.29) is 23.8 Å². The number of unbranched alkanes of at least 4 members (excludes halogenated alkanes) is 14. The predicted molar refractivity (Wildman–Crippen MR) is 146 cm³/mol. The molecule has 206 valence electrons. The van der Waals surface area contributed by atoms with Crippen molar-refractivity contribution in [1.82, 2.24) is 0 Å². The molecule has 35 heavy (non-hydrogen) atoms. The highest BCUT2D eigenvalue weighted by Gasteiger charge is 2.32. The van der Waals surface area contributed by atoms with Crippen LogP contribution >= 0.6 is 0 Å². The molecule has 1 rings (SSSR count). The second-order valence-electron chi connectivity index (χ2n) is 11.4. The Morgan fingerprint density at radius 3 is 1.46 bits per heavy atom. The second-order valence-corrected chi connectivity index (χ2v) is 11.4. The van der Waals surface area contributed by atoms with E-state index in [1.165, 1.54) is 83.5 Å². The number of carbonyl (C=O) groups excluding carboxylic acids is 2. The highest BCUT2D eigenvalue weighted by Crippen LogP contribution is 2.31. The lowest BCUT2D eigenvalue weighted by atomic mass is 9.81. The van der Waals surface area contributed by atoms with Crippen LogP contribution in [0.15, 0.2) is 0 Å². The van der Waals surface area contributed by atoms with Crippen LogP contribution in [0.5, 0.6) is 0 Å². The summed E-state index contributed by atoms with van der Waals surface area (Å²) < 4.78 is 11.1. The molecule has 1 aliphatic carbocycles. The Morgan fingerprint density at radius 2 is 1.03 bits per heavy atom. The van der Waals surface area contributed by atoms with Crippen LogP contribution in [-0.4, -0.2) is 25.2 Å². The van der Waals surface area contributed by atoms with Gasteiger partial charge in [-0.05, 0) is 38.0 Å². The van der Waals surface area contributed by atoms with E-state index in [1.54, 1.807) is 0 Å². The third-order valence-corrected chi connectivity index (χ3v) is 7.50. The molecule has 0 amide bonds. The Labute approximate surface area is 217 Å². The van der Waals surface area contributed by atoms with Gasteiger partial charge in [0, 0.05) is 0 Å². The van der Waals surface area contributed by atoms with Crippen LogP contribution in [-0.2, 0) is 19.1 Å². The Balaban J connectivity index is 2.02. The van der Waals surface area contributed by atoms with E-state index in [4.69, 9.17) is 9.47 Å². The molecule has 1 fully saturated rings. The van der Waals surface area contributed by atoms with Gasteiger partial charge in [0.05, 0.1) is 25.0 Å². The highest BCUT2D eigenvalue weighted by atomic mass is 16.5. The minimum absolute atomic E-state index is 0.101. The molecule has 0 spiro atoms. The first kappa shape index (κ1) is 32.0. The van der Waals surface area contributed by atoms with Crippen molar-refractivity contribution in [3.8, 4) is 0 Å². The molecule has 4 heteroatoms. The molecule has 0 aromatic rings. The van der Waals surface area contributed by atoms with Gasteiger partial charge in [0.1, 0.15) is 0 Å². The third-order valence-electron chi connectivity index (χ3n) is 7.50. The topological polar surface area (TPSA) is 52.6 Å². The number of rotatable bonds is 22. The summed E-state index contributed by atoms with van der Waals surface area (Å²) in [6, 6.07) is 0. The molecule has 2 unspecified atom stereocenters. The minimum Gasteiger partial charge on any atom is -0.465 e. The zero-order chi connectivity index (χ0) is 25.6. The monoisotopic (exact) mass is 494 g/mol. The highest BCUT2D eigenvalue weighted by molar-refractivity contribution is 5.76. The lowest BCUT2D eigenvalue weighted by Crippen LogP contribution is -2.30. The minimum atomic E-state index is -0.130. The molecular weight excluding hydrogens is 436 g/mol. The summed E-state index contributed by atoms with van der Waals surface area (Å²) in [5.74, 6) is 0.324. The van der Waals surface area contributed by atoms with Crippen LogP contribution in [0.4, 0.5) is 0 Å². The fourth-order valence-corrected chi connectivity index (χ4v) is 5.15. The van der Waals surface area contributed by atoms with Crippen LogP contribution in [0.25, 0.3) is 0 Å². The molecule has 0 bridgehead atoms. The number of hydrogen-bond acceptors (Lipinski definition) is 4. The van der Waals surface area contributed by atoms with Crippen molar-refractivity contribution in [1.29, 1.82) is 0 Å². The fourth-order valence-electron chi connectivity index (χ4n) is 5.15. The second kappa shape index (κ2) is 22.2. The van der Waals surface area contributed by atoms with Gasteiger partial charge >= 0.3 is 11.9 Å². The largest absolute Gasteiger partial charge is 0.465 e. The van der Waals surface area contributed by atoms with Crippen molar-refractivity contribution < 1.29 is 19.1 Å². The number of hydrogen-bond donors (Lipinski definition) is 0. The van der Waals surface area contributed by atoms with Crippen LogP contribution in [0.2, 0.25) is 0 Å². The van der Waals surface area contributed by atoms with Gasteiger partial charge in [-0.3, -0.25) is 9.59 Å². The van der Waals surface area contributed by atoms with Gasteiger partial charge in [-0.1, -0.05) is 124 Å². The van der Waals surface area contributed by atoms with Crippen LogP contribution in [0, 0.1) is 17.8 Å². The molecule has 0 N–H and O–H groups in total. The summed E-state index contributed by atoms with van der Waals surface area (Å²) in [5.41, 5.74) is 0. The average molecular weight is 495 g/mol. The van der Waals surface area contributed by atoms with Crippen molar-refractivity contribution in [3.63, 3.8) is 0 Å². The zero-order valence-corrected chi connectivity index (χ0v) is 23.6. The van der Waals surface area contributed by atoms with Gasteiger partial charge < -0.3 is 9.47 Å². The normalized spacial score (nSPS) is 18.1. The maximum atomic E-state index is 12.5. The summed E-state index contributed by atoms with van der Waals surface area (Å²) >= 11 is 0. The van der Waals surface area contributed by atoms with E-state index < -0.39 is 0 Å². The predicted octanol–water partition coefficient (Wildman–Crippen LogP) is 9.19. The van der Waals surface area contributed by atoms with Gasteiger partial charge in [-0.15, -0.1) is 0 Å². The first-order chi connectivity index (χ1) is 17.0. The summed E-state index contributed by atoms with van der Waals surface area (Å²) in [7, 11) is 0. The number of ether oxygens (including phenoxy) is 2. The summed E-state index contributed by atoms with van der Waals surface area (Å²) in [6.45, 7) is 7.85. The molecule has 0 saturated heterocycles. The molecule has 2 atom stereocenters. The van der Waals surface area contributed by atoms with Crippen molar-refractivity contribution in [3.05, 3.63) is 0 Å². The first-order valence-corrected chi connectivity index (χ1v) is 15.4. The molecule has 1 aliphatic rings. The Kier molecular flexibility index (Phi) is 20.2. The van der Waals surface area contributed by atoms with E-state index >= 15 is 0 Å². The maximum Gasteiger partial charge on any atom is 0.308 e. The van der Waals surface area contributed by atoms with Gasteiger partial charge in [0.25, 0.3) is 0 Å². The Hall–Kier alpha value is -1.06. The quantitative estimate of drug-likeness (QED) is 0.111. The molecule has 0 aromatic carbocycles. The standard InChI is InChI=1S/C31H58O4/c1-4-5-6-7-8-9-10-11-12-15-18-24-34-30(32)28-22-20-23-29(26-28)31(33)35-25-19-16-13-14-17-21-27(2)3/h27-29H,4-26H2,1-3H3. The third kappa shape index (κ3) is 17.9. The fraction of sp³-hybridized carbons (Fsp3) is 0.935. The van der Waals surface area contributed by atoms with Crippen LogP contribution in [0.3, 0.4) is 0 Å². The molecule has 0 radical (unpaired) electrons. The van der Waals surface area contributed by atoms with Gasteiger partial charge in [-0.2, -0.15) is 0 Å². The smallest absolute Gasteiger partial charge is 0.308 e. The van der Waals surface area contributed by atoms with Gasteiger partial charge in [0.2, 0.25) is 0 Å². The van der Waals surface area contributed by atoms with Gasteiger partial charge in [0.15, 0.2) is 0 Å². The van der Waals surface area contributed by atoms with Crippen molar-refractivity contribution >= 4 is 11.9 Å². The lowest BCUT2D eigenvalue weighted by Gasteiger charge is -2.26. The van der Waals surface area contributed by atoms with Crippen molar-refractivity contribution in [2.24, 2.45) is 17.8 Å². The van der Waals surface area contributed by atoms with Crippen LogP contribution in [0.1, 0.15) is 156 Å². The van der Waals surface area contributed by atoms with E-state index in [2.05, 4.69) is 20.8 Å². The lowest BCUT2D eigenvalue weighted by molar-refractivity contribution is -0.155. The average Bonchev–Trinajstić information content (AvgIpc) is 2.86. The molecule has 0 aliphatic heterocycles. The molecule has 0 aromatic heterocycles. The van der Waals surface area contributed by atoms with E-state index in [1.807, 2.05) is 0 Å². The molecular formula is C31H58O4.